The Morgan fingerprint density at radius 1 is 1.41 bits per heavy atom. The lowest BCUT2D eigenvalue weighted by Gasteiger charge is -2.20. The summed E-state index contributed by atoms with van der Waals surface area (Å²) in [6.45, 7) is 3.68. The lowest BCUT2D eigenvalue weighted by molar-refractivity contribution is -0.385. The predicted octanol–water partition coefficient (Wildman–Crippen LogP) is 3.83. The van der Waals surface area contributed by atoms with Gasteiger partial charge in [0.05, 0.1) is 10.5 Å². The SMILES string of the molecule is CCC1CCc2c(sc(NC(=O)c3cccc([N+](=O)[O-])c3C)c2C(N)=O)C1. The van der Waals surface area contributed by atoms with Crippen molar-refractivity contribution in [2.24, 2.45) is 11.7 Å². The molecule has 1 aromatic carbocycles. The van der Waals surface area contributed by atoms with E-state index >= 15 is 0 Å². The summed E-state index contributed by atoms with van der Waals surface area (Å²) in [6, 6.07) is 4.36. The normalized spacial score (nSPS) is 15.9. The van der Waals surface area contributed by atoms with Crippen LogP contribution < -0.4 is 11.1 Å². The molecular weight excluding hydrogens is 366 g/mol. The number of rotatable bonds is 5. The van der Waals surface area contributed by atoms with Crippen LogP contribution in [0, 0.1) is 23.0 Å². The molecule has 2 aromatic rings. The molecular formula is C19H21N3O4S. The molecule has 0 saturated heterocycles. The highest BCUT2D eigenvalue weighted by Crippen LogP contribution is 2.40. The van der Waals surface area contributed by atoms with Crippen molar-refractivity contribution >= 4 is 33.8 Å². The molecule has 142 valence electrons. The minimum Gasteiger partial charge on any atom is -0.365 e. The van der Waals surface area contributed by atoms with Gasteiger partial charge in [0, 0.05) is 22.1 Å². The number of benzene rings is 1. The largest absolute Gasteiger partial charge is 0.365 e. The molecule has 0 aliphatic heterocycles. The molecule has 3 N–H and O–H groups in total. The van der Waals surface area contributed by atoms with E-state index in [1.165, 1.54) is 36.5 Å². The van der Waals surface area contributed by atoms with E-state index in [1.807, 2.05) is 0 Å². The van der Waals surface area contributed by atoms with Crippen LogP contribution >= 0.6 is 11.3 Å². The number of amides is 2. The number of hydrogen-bond acceptors (Lipinski definition) is 5. The molecule has 0 spiro atoms. The van der Waals surface area contributed by atoms with E-state index in [4.69, 9.17) is 5.73 Å². The molecule has 1 aliphatic carbocycles. The Kier molecular flexibility index (Phi) is 5.27. The molecule has 2 amide bonds. The summed E-state index contributed by atoms with van der Waals surface area (Å²) < 4.78 is 0. The van der Waals surface area contributed by atoms with Crippen molar-refractivity contribution in [1.82, 2.24) is 0 Å². The number of nitro benzene ring substituents is 1. The minimum atomic E-state index is -0.562. The van der Waals surface area contributed by atoms with E-state index in [9.17, 15) is 19.7 Å². The van der Waals surface area contributed by atoms with Gasteiger partial charge in [0.25, 0.3) is 17.5 Å². The van der Waals surface area contributed by atoms with Crippen molar-refractivity contribution in [1.29, 1.82) is 0 Å². The van der Waals surface area contributed by atoms with Crippen LogP contribution in [0.4, 0.5) is 10.7 Å². The molecule has 1 aliphatic rings. The van der Waals surface area contributed by atoms with Gasteiger partial charge >= 0.3 is 0 Å². The van der Waals surface area contributed by atoms with Crippen molar-refractivity contribution in [3.8, 4) is 0 Å². The zero-order valence-electron chi connectivity index (χ0n) is 15.2. The van der Waals surface area contributed by atoms with Crippen molar-refractivity contribution < 1.29 is 14.5 Å². The van der Waals surface area contributed by atoms with Gasteiger partial charge in [-0.1, -0.05) is 19.4 Å². The maximum atomic E-state index is 12.7. The Balaban J connectivity index is 1.96. The Hall–Kier alpha value is -2.74. The third-order valence-electron chi connectivity index (χ3n) is 5.16. The van der Waals surface area contributed by atoms with Crippen LogP contribution in [-0.2, 0) is 12.8 Å². The first-order valence-corrected chi connectivity index (χ1v) is 9.64. The van der Waals surface area contributed by atoms with Gasteiger partial charge in [0.15, 0.2) is 0 Å². The predicted molar refractivity (Wildman–Crippen MR) is 104 cm³/mol. The van der Waals surface area contributed by atoms with Crippen molar-refractivity contribution in [3.63, 3.8) is 0 Å². The minimum absolute atomic E-state index is 0.117. The van der Waals surface area contributed by atoms with Crippen molar-refractivity contribution in [2.75, 3.05) is 5.32 Å². The van der Waals surface area contributed by atoms with Crippen LogP contribution in [0.15, 0.2) is 18.2 Å². The number of carbonyl (C=O) groups excluding carboxylic acids is 2. The number of nitrogens with zero attached hydrogens (tertiary/aromatic N) is 1. The topological polar surface area (TPSA) is 115 Å². The first-order valence-electron chi connectivity index (χ1n) is 8.83. The van der Waals surface area contributed by atoms with Crippen LogP contribution in [0.3, 0.4) is 0 Å². The zero-order valence-corrected chi connectivity index (χ0v) is 16.0. The average Bonchev–Trinajstić information content (AvgIpc) is 2.98. The molecule has 8 heteroatoms. The van der Waals surface area contributed by atoms with Crippen molar-refractivity contribution in [3.05, 3.63) is 55.4 Å². The second-order valence-corrected chi connectivity index (χ2v) is 7.86. The van der Waals surface area contributed by atoms with Crippen molar-refractivity contribution in [2.45, 2.75) is 39.5 Å². The Bertz CT molecular complexity index is 935. The van der Waals surface area contributed by atoms with E-state index < -0.39 is 16.7 Å². The zero-order chi connectivity index (χ0) is 19.7. The molecule has 0 saturated carbocycles. The van der Waals surface area contributed by atoms with Crippen LogP contribution in [0.5, 0.6) is 0 Å². The molecule has 0 fully saturated rings. The third-order valence-corrected chi connectivity index (χ3v) is 6.33. The number of thiophene rings is 1. The quantitative estimate of drug-likeness (QED) is 0.599. The third kappa shape index (κ3) is 3.57. The van der Waals surface area contributed by atoms with E-state index in [0.717, 1.165) is 36.1 Å². The smallest absolute Gasteiger partial charge is 0.273 e. The number of carbonyl (C=O) groups is 2. The van der Waals surface area contributed by atoms with Gasteiger partial charge in [0.1, 0.15) is 5.00 Å². The number of nitro groups is 1. The number of anilines is 1. The Labute approximate surface area is 160 Å². The molecule has 1 atom stereocenters. The fraction of sp³-hybridized carbons (Fsp3) is 0.368. The first kappa shape index (κ1) is 19.0. The molecule has 0 radical (unpaired) electrons. The first-order chi connectivity index (χ1) is 12.8. The standard InChI is InChI=1S/C19H21N3O4S/c1-3-11-7-8-13-15(9-11)27-19(16(13)17(20)23)21-18(24)12-5-4-6-14(10(12)2)22(25)26/h4-6,11H,3,7-9H2,1-2H3,(H2,20,23)(H,21,24). The molecule has 1 heterocycles. The molecule has 7 nitrogen and oxygen atoms in total. The fourth-order valence-corrected chi connectivity index (χ4v) is 4.95. The molecule has 27 heavy (non-hydrogen) atoms. The maximum Gasteiger partial charge on any atom is 0.273 e. The highest BCUT2D eigenvalue weighted by molar-refractivity contribution is 7.17. The number of primary amides is 1. The lowest BCUT2D eigenvalue weighted by atomic mass is 9.85. The second-order valence-electron chi connectivity index (χ2n) is 6.75. The Morgan fingerprint density at radius 2 is 2.15 bits per heavy atom. The van der Waals surface area contributed by atoms with E-state index in [-0.39, 0.29) is 16.8 Å². The van der Waals surface area contributed by atoms with E-state index in [0.29, 0.717) is 16.5 Å². The summed E-state index contributed by atoms with van der Waals surface area (Å²) in [6.07, 6.45) is 3.71. The average molecular weight is 387 g/mol. The number of fused-ring (bicyclic) bond motifs is 1. The summed E-state index contributed by atoms with van der Waals surface area (Å²) in [5.74, 6) is -0.475. The van der Waals surface area contributed by atoms with Crippen LogP contribution in [0.25, 0.3) is 0 Å². The number of hydrogen-bond donors (Lipinski definition) is 2. The fourth-order valence-electron chi connectivity index (χ4n) is 3.59. The molecule has 1 aromatic heterocycles. The maximum absolute atomic E-state index is 12.7. The van der Waals surface area contributed by atoms with Gasteiger partial charge in [-0.2, -0.15) is 0 Å². The molecule has 3 rings (SSSR count). The van der Waals surface area contributed by atoms with E-state index in [2.05, 4.69) is 12.2 Å². The molecule has 1 unspecified atom stereocenters. The summed E-state index contributed by atoms with van der Waals surface area (Å²) in [5.41, 5.74) is 7.27. The van der Waals surface area contributed by atoms with Crippen LogP contribution in [-0.4, -0.2) is 16.7 Å². The second kappa shape index (κ2) is 7.48. The van der Waals surface area contributed by atoms with Gasteiger partial charge in [-0.25, -0.2) is 0 Å². The van der Waals surface area contributed by atoms with Crippen LogP contribution in [0.1, 0.15) is 56.5 Å². The Morgan fingerprint density at radius 3 is 2.78 bits per heavy atom. The van der Waals surface area contributed by atoms with Gasteiger partial charge in [0.2, 0.25) is 0 Å². The highest BCUT2D eigenvalue weighted by Gasteiger charge is 2.28. The van der Waals surface area contributed by atoms with Gasteiger partial charge < -0.3 is 11.1 Å². The monoisotopic (exact) mass is 387 g/mol. The molecule has 0 bridgehead atoms. The lowest BCUT2D eigenvalue weighted by Crippen LogP contribution is -2.20. The highest BCUT2D eigenvalue weighted by atomic mass is 32.1. The summed E-state index contributed by atoms with van der Waals surface area (Å²) in [5, 5.41) is 14.3. The van der Waals surface area contributed by atoms with Gasteiger partial charge in [-0.15, -0.1) is 11.3 Å². The number of nitrogens with two attached hydrogens (primary N) is 1. The summed E-state index contributed by atoms with van der Waals surface area (Å²) in [7, 11) is 0. The van der Waals surface area contributed by atoms with Gasteiger partial charge in [-0.05, 0) is 43.7 Å². The number of nitrogens with one attached hydrogen (secondary N) is 1. The van der Waals surface area contributed by atoms with Gasteiger partial charge in [-0.3, -0.25) is 19.7 Å². The van der Waals surface area contributed by atoms with Crippen LogP contribution in [0.2, 0.25) is 0 Å². The summed E-state index contributed by atoms with van der Waals surface area (Å²) in [4.78, 5) is 36.4. The summed E-state index contributed by atoms with van der Waals surface area (Å²) >= 11 is 1.38. The van der Waals surface area contributed by atoms with E-state index in [1.54, 1.807) is 0 Å².